The van der Waals surface area contributed by atoms with Gasteiger partial charge in [0.2, 0.25) is 0 Å². The maximum Gasteiger partial charge on any atom is 0.306 e. The highest BCUT2D eigenvalue weighted by atomic mass is 16.6. The average Bonchev–Trinajstić information content (AvgIpc) is 2.62. The minimum Gasteiger partial charge on any atom is -0.481 e. The number of carboxylic acids is 1. The first-order valence-corrected chi connectivity index (χ1v) is 4.11. The number of epoxide rings is 1. The quantitative estimate of drug-likeness (QED) is 0.621. The summed E-state index contributed by atoms with van der Waals surface area (Å²) < 4.78 is 5.15. The molecule has 0 spiro atoms. The predicted molar refractivity (Wildman–Crippen MR) is 45.5 cm³/mol. The number of carbonyl (C=O) groups is 1. The van der Waals surface area contributed by atoms with Gasteiger partial charge in [0.05, 0.1) is 18.6 Å². The van der Waals surface area contributed by atoms with Crippen LogP contribution in [0, 0.1) is 0 Å². The van der Waals surface area contributed by atoms with Crippen molar-refractivity contribution >= 4 is 5.97 Å². The van der Waals surface area contributed by atoms with Gasteiger partial charge in [-0.15, -0.1) is 0 Å². The molecule has 1 fully saturated rings. The van der Waals surface area contributed by atoms with E-state index in [0.29, 0.717) is 0 Å². The molecule has 0 unspecified atom stereocenters. The summed E-state index contributed by atoms with van der Waals surface area (Å²) in [6, 6.07) is 0. The summed E-state index contributed by atoms with van der Waals surface area (Å²) in [4.78, 5) is 10.2. The van der Waals surface area contributed by atoms with Crippen LogP contribution in [0.2, 0.25) is 0 Å². The average molecular weight is 175 g/mol. The van der Waals surface area contributed by atoms with Gasteiger partial charge in [0.15, 0.2) is 0 Å². The van der Waals surface area contributed by atoms with Crippen LogP contribution in [0.15, 0.2) is 0 Å². The molecular weight excluding hydrogens is 158 g/mol. The van der Waals surface area contributed by atoms with E-state index >= 15 is 0 Å². The highest BCUT2D eigenvalue weighted by Gasteiger charge is 2.39. The fraction of sp³-hybridized carbons (Fsp3) is 0.875. The smallest absolute Gasteiger partial charge is 0.306 e. The van der Waals surface area contributed by atoms with Crippen LogP contribution in [0.25, 0.3) is 0 Å². The van der Waals surface area contributed by atoms with Crippen molar-refractivity contribution < 1.29 is 14.6 Å². The van der Waals surface area contributed by atoms with Crippen LogP contribution in [0.5, 0.6) is 0 Å². The van der Waals surface area contributed by atoms with Crippen molar-refractivity contribution in [3.8, 4) is 0 Å². The lowest BCUT2D eigenvalue weighted by Crippen LogP contribution is -2.02. The standard InChI is InChI=1S/C8H14O3.H3N/c1-2-3-4-6-7(11-6)5-8(9)10;/h6-7H,2-5H2,1H3,(H,9,10);1H3/t6-,7-;/m0./s1. The van der Waals surface area contributed by atoms with E-state index in [2.05, 4.69) is 6.92 Å². The molecule has 4 N–H and O–H groups in total. The number of carboxylic acid groups (broad SMARTS) is 1. The van der Waals surface area contributed by atoms with Gasteiger partial charge in [-0.25, -0.2) is 0 Å². The molecular formula is C8H17NO3. The summed E-state index contributed by atoms with van der Waals surface area (Å²) in [5.74, 6) is -0.756. The Morgan fingerprint density at radius 3 is 2.67 bits per heavy atom. The molecule has 4 heteroatoms. The van der Waals surface area contributed by atoms with Crippen molar-refractivity contribution in [1.82, 2.24) is 6.15 Å². The van der Waals surface area contributed by atoms with Crippen LogP contribution in [0.1, 0.15) is 32.6 Å². The lowest BCUT2D eigenvalue weighted by atomic mass is 10.1. The molecule has 72 valence electrons. The Bertz CT molecular complexity index is 149. The Morgan fingerprint density at radius 1 is 1.50 bits per heavy atom. The Labute approximate surface area is 72.5 Å². The lowest BCUT2D eigenvalue weighted by Gasteiger charge is -1.90. The molecule has 0 aliphatic carbocycles. The van der Waals surface area contributed by atoms with Crippen molar-refractivity contribution in [1.29, 1.82) is 0 Å². The number of hydrogen-bond donors (Lipinski definition) is 2. The van der Waals surface area contributed by atoms with E-state index < -0.39 is 5.97 Å². The zero-order valence-electron chi connectivity index (χ0n) is 7.45. The van der Waals surface area contributed by atoms with Crippen LogP contribution in [0.4, 0.5) is 0 Å². The number of rotatable bonds is 5. The van der Waals surface area contributed by atoms with Crippen molar-refractivity contribution in [2.24, 2.45) is 0 Å². The molecule has 0 aromatic carbocycles. The Balaban J connectivity index is 0.00000121. The van der Waals surface area contributed by atoms with Crippen molar-refractivity contribution in [3.63, 3.8) is 0 Å². The van der Waals surface area contributed by atoms with Gasteiger partial charge < -0.3 is 16.0 Å². The molecule has 1 aliphatic rings. The Morgan fingerprint density at radius 2 is 2.17 bits per heavy atom. The SMILES string of the molecule is CCCC[C@@H]1O[C@H]1CC(=O)O.N. The Hall–Kier alpha value is -0.610. The van der Waals surface area contributed by atoms with E-state index in [4.69, 9.17) is 9.84 Å². The minimum absolute atomic E-state index is 0. The van der Waals surface area contributed by atoms with E-state index in [1.165, 1.54) is 0 Å². The fourth-order valence-corrected chi connectivity index (χ4v) is 1.19. The van der Waals surface area contributed by atoms with Crippen LogP contribution in [0.3, 0.4) is 0 Å². The van der Waals surface area contributed by atoms with Crippen LogP contribution >= 0.6 is 0 Å². The highest BCUT2D eigenvalue weighted by molar-refractivity contribution is 5.67. The van der Waals surface area contributed by atoms with Gasteiger partial charge in [-0.2, -0.15) is 0 Å². The molecule has 0 amide bonds. The second kappa shape index (κ2) is 5.11. The first kappa shape index (κ1) is 11.4. The van der Waals surface area contributed by atoms with Gasteiger partial charge in [0, 0.05) is 0 Å². The minimum atomic E-state index is -0.756. The van der Waals surface area contributed by atoms with E-state index in [9.17, 15) is 4.79 Å². The first-order valence-electron chi connectivity index (χ1n) is 4.11. The summed E-state index contributed by atoms with van der Waals surface area (Å²) in [5, 5.41) is 8.39. The van der Waals surface area contributed by atoms with Crippen LogP contribution in [-0.4, -0.2) is 23.3 Å². The van der Waals surface area contributed by atoms with Crippen molar-refractivity contribution in [3.05, 3.63) is 0 Å². The van der Waals surface area contributed by atoms with Gasteiger partial charge in [0.25, 0.3) is 0 Å². The zero-order valence-corrected chi connectivity index (χ0v) is 7.45. The predicted octanol–water partition coefficient (Wildman–Crippen LogP) is 1.58. The molecule has 1 heterocycles. The molecule has 1 saturated heterocycles. The summed E-state index contributed by atoms with van der Waals surface area (Å²) >= 11 is 0. The topological polar surface area (TPSA) is 84.8 Å². The largest absolute Gasteiger partial charge is 0.481 e. The third kappa shape index (κ3) is 3.69. The maximum absolute atomic E-state index is 10.2. The lowest BCUT2D eigenvalue weighted by molar-refractivity contribution is -0.137. The molecule has 0 saturated carbocycles. The fourth-order valence-electron chi connectivity index (χ4n) is 1.19. The number of aliphatic carboxylic acids is 1. The molecule has 0 bridgehead atoms. The molecule has 1 aliphatic heterocycles. The summed E-state index contributed by atoms with van der Waals surface area (Å²) in [6.45, 7) is 2.12. The van der Waals surface area contributed by atoms with Gasteiger partial charge in [0.1, 0.15) is 0 Å². The van der Waals surface area contributed by atoms with Gasteiger partial charge in [-0.3, -0.25) is 4.79 Å². The van der Waals surface area contributed by atoms with Crippen molar-refractivity contribution in [2.75, 3.05) is 0 Å². The highest BCUT2D eigenvalue weighted by Crippen LogP contribution is 2.29. The first-order chi connectivity index (χ1) is 5.24. The molecule has 0 radical (unpaired) electrons. The number of hydrogen-bond acceptors (Lipinski definition) is 3. The number of ether oxygens (including phenoxy) is 1. The monoisotopic (exact) mass is 175 g/mol. The van der Waals surface area contributed by atoms with Gasteiger partial charge in [-0.1, -0.05) is 19.8 Å². The molecule has 2 atom stereocenters. The summed E-state index contributed by atoms with van der Waals surface area (Å²) in [7, 11) is 0. The third-order valence-electron chi connectivity index (χ3n) is 1.91. The summed E-state index contributed by atoms with van der Waals surface area (Å²) in [5.41, 5.74) is 0. The molecule has 0 aromatic heterocycles. The van der Waals surface area contributed by atoms with E-state index in [0.717, 1.165) is 19.3 Å². The van der Waals surface area contributed by atoms with E-state index in [1.54, 1.807) is 0 Å². The van der Waals surface area contributed by atoms with Crippen molar-refractivity contribution in [2.45, 2.75) is 44.8 Å². The molecule has 4 nitrogen and oxygen atoms in total. The van der Waals surface area contributed by atoms with E-state index in [1.807, 2.05) is 0 Å². The second-order valence-electron chi connectivity index (χ2n) is 2.95. The molecule has 0 aromatic rings. The van der Waals surface area contributed by atoms with Gasteiger partial charge >= 0.3 is 5.97 Å². The van der Waals surface area contributed by atoms with Gasteiger partial charge in [-0.05, 0) is 6.42 Å². The maximum atomic E-state index is 10.2. The molecule has 1 rings (SSSR count). The van der Waals surface area contributed by atoms with Crippen LogP contribution < -0.4 is 6.15 Å². The second-order valence-corrected chi connectivity index (χ2v) is 2.95. The normalized spacial score (nSPS) is 26.1. The third-order valence-corrected chi connectivity index (χ3v) is 1.91. The zero-order chi connectivity index (χ0) is 8.27. The van der Waals surface area contributed by atoms with Crippen LogP contribution in [-0.2, 0) is 9.53 Å². The van der Waals surface area contributed by atoms with E-state index in [-0.39, 0.29) is 24.8 Å². The Kier molecular flexibility index (Phi) is 4.85. The number of unbranched alkanes of at least 4 members (excludes halogenated alkanes) is 1. The summed E-state index contributed by atoms with van der Waals surface area (Å²) in [6.07, 6.45) is 3.74. The molecule has 12 heavy (non-hydrogen) atoms.